The fraction of sp³-hybridized carbons (Fsp3) is 0.176. The molecule has 0 aliphatic heterocycles. The molecular weight excluding hydrogens is 387 g/mol. The van der Waals surface area contributed by atoms with Crippen LogP contribution in [0.4, 0.5) is 5.69 Å². The molecule has 0 aromatic heterocycles. The number of nitrogen functional groups attached to an aromatic ring is 1. The maximum Gasteiger partial charge on any atom is 0.338 e. The van der Waals surface area contributed by atoms with Crippen molar-refractivity contribution in [3.05, 3.63) is 62.6 Å². The summed E-state index contributed by atoms with van der Waals surface area (Å²) in [5, 5.41) is 3.97. The standard InChI is InChI=1S/C17H15Cl3N2O3/c1-9(12-4-3-11(18)7-14(12)20)22-16(23)8-25-17(24)10-2-5-13(19)15(21)6-10/h2-7,9H,8,21H2,1H3,(H,22,23)/t9-/m1/s1. The maximum absolute atomic E-state index is 12.0. The second kappa shape index (κ2) is 8.43. The van der Waals surface area contributed by atoms with Crippen LogP contribution in [0.25, 0.3) is 0 Å². The van der Waals surface area contributed by atoms with Crippen molar-refractivity contribution in [2.45, 2.75) is 13.0 Å². The van der Waals surface area contributed by atoms with E-state index in [0.29, 0.717) is 20.6 Å². The Labute approximate surface area is 160 Å². The number of hydrogen-bond donors (Lipinski definition) is 2. The van der Waals surface area contributed by atoms with Crippen LogP contribution >= 0.6 is 34.8 Å². The molecule has 2 aromatic rings. The van der Waals surface area contributed by atoms with Crippen molar-refractivity contribution in [2.24, 2.45) is 0 Å². The average Bonchev–Trinajstić information content (AvgIpc) is 2.55. The Hall–Kier alpha value is -1.95. The molecule has 0 aliphatic rings. The third kappa shape index (κ3) is 5.26. The van der Waals surface area contributed by atoms with Gasteiger partial charge in [0.1, 0.15) is 0 Å². The van der Waals surface area contributed by atoms with Crippen LogP contribution in [0.5, 0.6) is 0 Å². The van der Waals surface area contributed by atoms with Gasteiger partial charge >= 0.3 is 5.97 Å². The largest absolute Gasteiger partial charge is 0.452 e. The van der Waals surface area contributed by atoms with Crippen molar-refractivity contribution in [3.63, 3.8) is 0 Å². The van der Waals surface area contributed by atoms with Crippen molar-refractivity contribution in [2.75, 3.05) is 12.3 Å². The SMILES string of the molecule is C[C@@H](NC(=O)COC(=O)c1ccc(Cl)c(N)c1)c1ccc(Cl)cc1Cl. The first kappa shape index (κ1) is 19.4. The molecule has 0 radical (unpaired) electrons. The third-order valence-electron chi connectivity index (χ3n) is 3.37. The molecule has 0 saturated carbocycles. The molecule has 0 heterocycles. The summed E-state index contributed by atoms with van der Waals surface area (Å²) in [7, 11) is 0. The molecule has 8 heteroatoms. The lowest BCUT2D eigenvalue weighted by atomic mass is 10.1. The summed E-state index contributed by atoms with van der Waals surface area (Å²) in [4.78, 5) is 23.9. The summed E-state index contributed by atoms with van der Waals surface area (Å²) in [6, 6.07) is 8.95. The summed E-state index contributed by atoms with van der Waals surface area (Å²) in [6.45, 7) is 1.33. The number of amides is 1. The Kier molecular flexibility index (Phi) is 6.53. The minimum Gasteiger partial charge on any atom is -0.452 e. The zero-order chi connectivity index (χ0) is 18.6. The zero-order valence-corrected chi connectivity index (χ0v) is 15.5. The first-order chi connectivity index (χ1) is 11.8. The van der Waals surface area contributed by atoms with E-state index in [1.807, 2.05) is 0 Å². The van der Waals surface area contributed by atoms with Gasteiger partial charge in [-0.3, -0.25) is 4.79 Å². The minimum atomic E-state index is -0.671. The van der Waals surface area contributed by atoms with Crippen molar-refractivity contribution >= 4 is 52.4 Å². The Balaban J connectivity index is 1.91. The normalized spacial score (nSPS) is 11.7. The van der Waals surface area contributed by atoms with Crippen LogP contribution in [0.15, 0.2) is 36.4 Å². The topological polar surface area (TPSA) is 81.4 Å². The van der Waals surface area contributed by atoms with Crippen molar-refractivity contribution in [1.29, 1.82) is 0 Å². The van der Waals surface area contributed by atoms with Crippen molar-refractivity contribution in [1.82, 2.24) is 5.32 Å². The van der Waals surface area contributed by atoms with E-state index in [4.69, 9.17) is 45.3 Å². The monoisotopic (exact) mass is 400 g/mol. The molecule has 0 fully saturated rings. The second-order valence-corrected chi connectivity index (χ2v) is 6.52. The number of carbonyl (C=O) groups is 2. The smallest absolute Gasteiger partial charge is 0.338 e. The van der Waals surface area contributed by atoms with Crippen molar-refractivity contribution in [3.8, 4) is 0 Å². The number of esters is 1. The molecule has 1 amide bonds. The number of nitrogens with one attached hydrogen (secondary N) is 1. The number of hydrogen-bond acceptors (Lipinski definition) is 4. The van der Waals surface area contributed by atoms with Crippen LogP contribution in [0.2, 0.25) is 15.1 Å². The Bertz CT molecular complexity index is 812. The van der Waals surface area contributed by atoms with E-state index in [2.05, 4.69) is 5.32 Å². The number of nitrogens with two attached hydrogens (primary N) is 1. The van der Waals surface area contributed by atoms with Gasteiger partial charge < -0.3 is 15.8 Å². The predicted molar refractivity (Wildman–Crippen MR) is 99.2 cm³/mol. The van der Waals surface area contributed by atoms with E-state index in [1.165, 1.54) is 18.2 Å². The highest BCUT2D eigenvalue weighted by Crippen LogP contribution is 2.26. The van der Waals surface area contributed by atoms with Crippen LogP contribution in [0.3, 0.4) is 0 Å². The van der Waals surface area contributed by atoms with E-state index in [9.17, 15) is 9.59 Å². The van der Waals surface area contributed by atoms with Gasteiger partial charge in [0.15, 0.2) is 6.61 Å². The highest BCUT2D eigenvalue weighted by atomic mass is 35.5. The molecule has 0 bridgehead atoms. The first-order valence-corrected chi connectivity index (χ1v) is 8.37. The van der Waals surface area contributed by atoms with Crippen LogP contribution < -0.4 is 11.1 Å². The summed E-state index contributed by atoms with van der Waals surface area (Å²) >= 11 is 17.7. The van der Waals surface area contributed by atoms with Gasteiger partial charge in [0, 0.05) is 10.0 Å². The van der Waals surface area contributed by atoms with Gasteiger partial charge in [-0.1, -0.05) is 40.9 Å². The summed E-state index contributed by atoms with van der Waals surface area (Å²) in [5.74, 6) is -1.13. The van der Waals surface area contributed by atoms with Gasteiger partial charge in [-0.15, -0.1) is 0 Å². The van der Waals surface area contributed by atoms with Gasteiger partial charge in [0.25, 0.3) is 5.91 Å². The number of carbonyl (C=O) groups excluding carboxylic acids is 2. The zero-order valence-electron chi connectivity index (χ0n) is 13.2. The molecule has 0 aliphatic carbocycles. The second-order valence-electron chi connectivity index (χ2n) is 5.27. The van der Waals surface area contributed by atoms with E-state index in [-0.39, 0.29) is 17.3 Å². The van der Waals surface area contributed by atoms with Gasteiger partial charge in [0.05, 0.1) is 22.3 Å². The van der Waals surface area contributed by atoms with E-state index >= 15 is 0 Å². The third-order valence-corrected chi connectivity index (χ3v) is 4.28. The van der Waals surface area contributed by atoms with E-state index in [0.717, 1.165) is 0 Å². The molecule has 2 aromatic carbocycles. The van der Waals surface area contributed by atoms with Crippen LogP contribution in [-0.2, 0) is 9.53 Å². The molecule has 0 saturated heterocycles. The van der Waals surface area contributed by atoms with Crippen LogP contribution in [0.1, 0.15) is 28.9 Å². The van der Waals surface area contributed by atoms with Gasteiger partial charge in [-0.05, 0) is 42.8 Å². The predicted octanol–water partition coefficient (Wildman–Crippen LogP) is 4.26. The van der Waals surface area contributed by atoms with E-state index in [1.54, 1.807) is 25.1 Å². The molecule has 5 nitrogen and oxygen atoms in total. The quantitative estimate of drug-likeness (QED) is 0.579. The number of halogens is 3. The lowest BCUT2D eigenvalue weighted by molar-refractivity contribution is -0.124. The highest BCUT2D eigenvalue weighted by molar-refractivity contribution is 6.35. The van der Waals surface area contributed by atoms with E-state index < -0.39 is 18.5 Å². The molecule has 132 valence electrons. The molecule has 1 atom stereocenters. The lowest BCUT2D eigenvalue weighted by Gasteiger charge is -2.16. The first-order valence-electron chi connectivity index (χ1n) is 7.24. The van der Waals surface area contributed by atoms with Crippen LogP contribution in [-0.4, -0.2) is 18.5 Å². The Morgan fingerprint density at radius 1 is 1.12 bits per heavy atom. The fourth-order valence-electron chi connectivity index (χ4n) is 2.10. The van der Waals surface area contributed by atoms with Gasteiger partial charge in [0.2, 0.25) is 0 Å². The fourth-order valence-corrected chi connectivity index (χ4v) is 2.79. The van der Waals surface area contributed by atoms with Crippen LogP contribution in [0, 0.1) is 0 Å². The summed E-state index contributed by atoms with van der Waals surface area (Å²) in [6.07, 6.45) is 0. The molecule has 0 spiro atoms. The summed E-state index contributed by atoms with van der Waals surface area (Å²) < 4.78 is 4.97. The number of ether oxygens (including phenoxy) is 1. The molecular formula is C17H15Cl3N2O3. The number of rotatable bonds is 5. The lowest BCUT2D eigenvalue weighted by Crippen LogP contribution is -2.31. The molecule has 25 heavy (non-hydrogen) atoms. The Morgan fingerprint density at radius 3 is 2.48 bits per heavy atom. The molecule has 2 rings (SSSR count). The van der Waals surface area contributed by atoms with Crippen molar-refractivity contribution < 1.29 is 14.3 Å². The number of anilines is 1. The minimum absolute atomic E-state index is 0.212. The average molecular weight is 402 g/mol. The Morgan fingerprint density at radius 2 is 1.84 bits per heavy atom. The molecule has 0 unspecified atom stereocenters. The number of benzene rings is 2. The maximum atomic E-state index is 12.0. The van der Waals surface area contributed by atoms with Gasteiger partial charge in [-0.25, -0.2) is 4.79 Å². The highest BCUT2D eigenvalue weighted by Gasteiger charge is 2.15. The van der Waals surface area contributed by atoms with Gasteiger partial charge in [-0.2, -0.15) is 0 Å². The summed E-state index contributed by atoms with van der Waals surface area (Å²) in [5.41, 5.74) is 6.80. The molecule has 3 N–H and O–H groups in total.